The minimum Gasteiger partial charge on any atom is -0.481 e. The van der Waals surface area contributed by atoms with Crippen molar-refractivity contribution < 1.29 is 19.5 Å². The molecule has 0 spiro atoms. The molecule has 0 radical (unpaired) electrons. The molecule has 5 nitrogen and oxygen atoms in total. The third kappa shape index (κ3) is 1.91. The van der Waals surface area contributed by atoms with Crippen LogP contribution in [-0.2, 0) is 14.4 Å². The molecule has 0 aliphatic carbocycles. The van der Waals surface area contributed by atoms with Crippen LogP contribution in [0.4, 0.5) is 0 Å². The smallest absolute Gasteiger partial charge is 0.308 e. The Morgan fingerprint density at radius 1 is 1.40 bits per heavy atom. The maximum atomic E-state index is 11.5. The van der Waals surface area contributed by atoms with Gasteiger partial charge >= 0.3 is 5.97 Å². The molecule has 2 unspecified atom stereocenters. The van der Waals surface area contributed by atoms with Gasteiger partial charge in [0.1, 0.15) is 0 Å². The van der Waals surface area contributed by atoms with Crippen LogP contribution in [0.25, 0.3) is 0 Å². The highest BCUT2D eigenvalue weighted by molar-refractivity contribution is 6.16. The molecule has 0 bridgehead atoms. The van der Waals surface area contributed by atoms with Crippen molar-refractivity contribution in [2.24, 2.45) is 5.92 Å². The Hall–Kier alpha value is -1.65. The molecule has 0 aromatic carbocycles. The van der Waals surface area contributed by atoms with E-state index in [1.54, 1.807) is 13.8 Å². The first kappa shape index (κ1) is 11.4. The molecule has 1 rings (SSSR count). The summed E-state index contributed by atoms with van der Waals surface area (Å²) in [6.45, 7) is 4.57. The average molecular weight is 211 g/mol. The normalized spacial score (nSPS) is 20.2. The Morgan fingerprint density at radius 3 is 2.27 bits per heavy atom. The molecule has 1 heterocycles. The summed E-state index contributed by atoms with van der Waals surface area (Å²) in [6.07, 6.45) is 1.23. The van der Waals surface area contributed by atoms with Gasteiger partial charge in [-0.05, 0) is 20.8 Å². The lowest BCUT2D eigenvalue weighted by molar-refractivity contribution is -0.147. The zero-order chi connectivity index (χ0) is 11.7. The van der Waals surface area contributed by atoms with Crippen molar-refractivity contribution in [3.8, 4) is 0 Å². The Morgan fingerprint density at radius 2 is 1.93 bits per heavy atom. The van der Waals surface area contributed by atoms with E-state index in [9.17, 15) is 14.4 Å². The number of rotatable bonds is 3. The van der Waals surface area contributed by atoms with Gasteiger partial charge in [0.2, 0.25) is 0 Å². The van der Waals surface area contributed by atoms with Gasteiger partial charge in [-0.15, -0.1) is 0 Å². The van der Waals surface area contributed by atoms with Crippen LogP contribution in [-0.4, -0.2) is 33.8 Å². The maximum Gasteiger partial charge on any atom is 0.308 e. The number of carbonyl (C=O) groups excluding carboxylic acids is 2. The van der Waals surface area contributed by atoms with Gasteiger partial charge in [0.05, 0.1) is 12.0 Å². The minimum atomic E-state index is -1.02. The van der Waals surface area contributed by atoms with Crippen LogP contribution >= 0.6 is 0 Å². The third-order valence-corrected chi connectivity index (χ3v) is 2.65. The molecule has 1 aliphatic rings. The highest BCUT2D eigenvalue weighted by Gasteiger charge is 2.36. The molecule has 0 aromatic heterocycles. The number of hydrogen-bond acceptors (Lipinski definition) is 3. The van der Waals surface area contributed by atoms with Gasteiger partial charge in [-0.25, -0.2) is 0 Å². The fourth-order valence-corrected chi connectivity index (χ4v) is 1.42. The van der Waals surface area contributed by atoms with E-state index in [1.807, 2.05) is 0 Å². The summed E-state index contributed by atoms with van der Waals surface area (Å²) in [6, 6.07) is -0.629. The molecule has 0 fully saturated rings. The van der Waals surface area contributed by atoms with Crippen LogP contribution < -0.4 is 0 Å². The molecule has 0 aromatic rings. The van der Waals surface area contributed by atoms with Crippen LogP contribution in [0.15, 0.2) is 11.6 Å². The van der Waals surface area contributed by atoms with Gasteiger partial charge in [0.25, 0.3) is 11.8 Å². The third-order valence-electron chi connectivity index (χ3n) is 2.65. The number of amides is 2. The lowest BCUT2D eigenvalue weighted by atomic mass is 10.0. The number of nitrogens with zero attached hydrogens (tertiary/aromatic N) is 1. The number of imide groups is 1. The molecule has 0 saturated heterocycles. The largest absolute Gasteiger partial charge is 0.481 e. The summed E-state index contributed by atoms with van der Waals surface area (Å²) in [5.41, 5.74) is 0.351. The van der Waals surface area contributed by atoms with Gasteiger partial charge in [-0.1, -0.05) is 0 Å². The highest BCUT2D eigenvalue weighted by Crippen LogP contribution is 2.19. The standard InChI is InChI=1S/C10H13NO4/c1-5-4-8(12)11(9(5)13)7(3)6(2)10(14)15/h4,6-7H,1-3H3,(H,14,15). The zero-order valence-corrected chi connectivity index (χ0v) is 8.85. The van der Waals surface area contributed by atoms with Gasteiger partial charge in [0.15, 0.2) is 0 Å². The lowest BCUT2D eigenvalue weighted by Crippen LogP contribution is -2.44. The highest BCUT2D eigenvalue weighted by atomic mass is 16.4. The molecule has 0 saturated carbocycles. The van der Waals surface area contributed by atoms with E-state index in [-0.39, 0.29) is 0 Å². The molecule has 5 heteroatoms. The van der Waals surface area contributed by atoms with Crippen LogP contribution in [0.3, 0.4) is 0 Å². The van der Waals surface area contributed by atoms with Crippen molar-refractivity contribution >= 4 is 17.8 Å². The van der Waals surface area contributed by atoms with Crippen molar-refractivity contribution in [3.63, 3.8) is 0 Å². The SMILES string of the molecule is CC1=CC(=O)N(C(C)C(C)C(=O)O)C1=O. The first-order valence-corrected chi connectivity index (χ1v) is 4.65. The van der Waals surface area contributed by atoms with E-state index < -0.39 is 29.7 Å². The van der Waals surface area contributed by atoms with Crippen molar-refractivity contribution in [1.29, 1.82) is 0 Å². The monoisotopic (exact) mass is 211 g/mol. The summed E-state index contributed by atoms with van der Waals surface area (Å²) in [5, 5.41) is 8.78. The Kier molecular flexibility index (Phi) is 2.93. The van der Waals surface area contributed by atoms with Crippen molar-refractivity contribution in [2.45, 2.75) is 26.8 Å². The first-order chi connectivity index (χ1) is 6.86. The average Bonchev–Trinajstić information content (AvgIpc) is 2.39. The summed E-state index contributed by atoms with van der Waals surface area (Å²) < 4.78 is 0. The number of carbonyl (C=O) groups is 3. The first-order valence-electron chi connectivity index (χ1n) is 4.65. The second-order valence-corrected chi connectivity index (χ2v) is 3.71. The molecule has 2 atom stereocenters. The Labute approximate surface area is 87.4 Å². The summed E-state index contributed by atoms with van der Waals surface area (Å²) in [7, 11) is 0. The zero-order valence-electron chi connectivity index (χ0n) is 8.85. The molecule has 1 aliphatic heterocycles. The van der Waals surface area contributed by atoms with E-state index >= 15 is 0 Å². The van der Waals surface area contributed by atoms with Gasteiger partial charge in [0, 0.05) is 11.6 Å². The molecular formula is C10H13NO4. The van der Waals surface area contributed by atoms with E-state index in [1.165, 1.54) is 13.0 Å². The fourth-order valence-electron chi connectivity index (χ4n) is 1.42. The number of carboxylic acids is 1. The molecule has 82 valence electrons. The van der Waals surface area contributed by atoms with Gasteiger partial charge in [-0.2, -0.15) is 0 Å². The number of hydrogen-bond donors (Lipinski definition) is 1. The Bertz CT molecular complexity index is 358. The van der Waals surface area contributed by atoms with Crippen molar-refractivity contribution in [3.05, 3.63) is 11.6 Å². The molecule has 2 amide bonds. The van der Waals surface area contributed by atoms with E-state index in [4.69, 9.17) is 5.11 Å². The summed E-state index contributed by atoms with van der Waals surface area (Å²) in [5.74, 6) is -2.62. The maximum absolute atomic E-state index is 11.5. The van der Waals surface area contributed by atoms with Gasteiger partial charge < -0.3 is 5.11 Å². The Balaban J connectivity index is 2.87. The van der Waals surface area contributed by atoms with Crippen LogP contribution in [0.5, 0.6) is 0 Å². The molecular weight excluding hydrogens is 198 g/mol. The van der Waals surface area contributed by atoms with E-state index in [0.29, 0.717) is 5.57 Å². The minimum absolute atomic E-state index is 0.351. The number of carboxylic acid groups (broad SMARTS) is 1. The van der Waals surface area contributed by atoms with Crippen LogP contribution in [0.1, 0.15) is 20.8 Å². The molecule has 15 heavy (non-hydrogen) atoms. The topological polar surface area (TPSA) is 74.7 Å². The predicted octanol–water partition coefficient (Wildman–Crippen LogP) is 0.411. The quantitative estimate of drug-likeness (QED) is 0.686. The molecule has 1 N–H and O–H groups in total. The predicted molar refractivity (Wildman–Crippen MR) is 51.9 cm³/mol. The van der Waals surface area contributed by atoms with Crippen LogP contribution in [0, 0.1) is 5.92 Å². The fraction of sp³-hybridized carbons (Fsp3) is 0.500. The number of aliphatic carboxylic acids is 1. The summed E-state index contributed by atoms with van der Waals surface area (Å²) >= 11 is 0. The van der Waals surface area contributed by atoms with Crippen molar-refractivity contribution in [2.75, 3.05) is 0 Å². The van der Waals surface area contributed by atoms with Crippen LogP contribution in [0.2, 0.25) is 0 Å². The van der Waals surface area contributed by atoms with E-state index in [2.05, 4.69) is 0 Å². The van der Waals surface area contributed by atoms with Gasteiger partial charge in [-0.3, -0.25) is 19.3 Å². The lowest BCUT2D eigenvalue weighted by Gasteiger charge is -2.25. The second-order valence-electron chi connectivity index (χ2n) is 3.71. The van der Waals surface area contributed by atoms with Crippen molar-refractivity contribution in [1.82, 2.24) is 4.90 Å². The van der Waals surface area contributed by atoms with E-state index in [0.717, 1.165) is 4.90 Å². The summed E-state index contributed by atoms with van der Waals surface area (Å²) in [4.78, 5) is 34.6. The second kappa shape index (κ2) is 3.84.